The van der Waals surface area contributed by atoms with E-state index in [0.717, 1.165) is 0 Å². The lowest BCUT2D eigenvalue weighted by molar-refractivity contribution is 0.471. The predicted octanol–water partition coefficient (Wildman–Crippen LogP) is 5.18. The Labute approximate surface area is 109 Å². The molecule has 0 radical (unpaired) electrons. The smallest absolute Gasteiger partial charge is 0.00388 e. The van der Waals surface area contributed by atoms with Gasteiger partial charge in [-0.15, -0.1) is 0 Å². The summed E-state index contributed by atoms with van der Waals surface area (Å²) in [7, 11) is 0. The van der Waals surface area contributed by atoms with Crippen molar-refractivity contribution >= 4 is 0 Å². The Bertz CT molecular complexity index is 140. The van der Waals surface area contributed by atoms with Gasteiger partial charge in [-0.3, -0.25) is 0 Å². The van der Waals surface area contributed by atoms with Crippen LogP contribution >= 0.6 is 0 Å². The maximum absolute atomic E-state index is 6.14. The van der Waals surface area contributed by atoms with Crippen LogP contribution in [0.25, 0.3) is 0 Å². The molecule has 1 nitrogen and oxygen atoms in total. The third-order valence-electron chi connectivity index (χ3n) is 4.15. The van der Waals surface area contributed by atoms with Crippen molar-refractivity contribution in [1.82, 2.24) is 0 Å². The molecule has 0 spiro atoms. The highest BCUT2D eigenvalue weighted by molar-refractivity contribution is 4.62. The SMILES string of the molecule is NC1CCCCCCCCCCCCCCC1. The van der Waals surface area contributed by atoms with E-state index in [-0.39, 0.29) is 0 Å². The molecule has 17 heavy (non-hydrogen) atoms. The van der Waals surface area contributed by atoms with Crippen LogP contribution < -0.4 is 5.73 Å². The van der Waals surface area contributed by atoms with E-state index in [4.69, 9.17) is 5.73 Å². The lowest BCUT2D eigenvalue weighted by Crippen LogP contribution is -2.19. The molecule has 0 saturated heterocycles. The van der Waals surface area contributed by atoms with E-state index >= 15 is 0 Å². The molecular formula is C16H33N. The Balaban J connectivity index is 2.09. The van der Waals surface area contributed by atoms with Crippen LogP contribution in [0.1, 0.15) is 96.3 Å². The Morgan fingerprint density at radius 1 is 0.412 bits per heavy atom. The van der Waals surface area contributed by atoms with Crippen LogP contribution in [0.15, 0.2) is 0 Å². The standard InChI is InChI=1S/C16H33N/c17-16-14-12-10-8-6-4-2-1-3-5-7-9-11-13-15-16/h16H,1-15,17H2. The monoisotopic (exact) mass is 239 g/mol. The van der Waals surface area contributed by atoms with Crippen LogP contribution in [0.2, 0.25) is 0 Å². The van der Waals surface area contributed by atoms with Crippen molar-refractivity contribution in [2.75, 3.05) is 0 Å². The number of hydrogen-bond acceptors (Lipinski definition) is 1. The number of hydrogen-bond donors (Lipinski definition) is 1. The van der Waals surface area contributed by atoms with E-state index in [1.54, 1.807) is 0 Å². The molecule has 1 heteroatoms. The highest BCUT2D eigenvalue weighted by atomic mass is 14.6. The van der Waals surface area contributed by atoms with Crippen molar-refractivity contribution in [3.63, 3.8) is 0 Å². The molecule has 1 saturated carbocycles. The summed E-state index contributed by atoms with van der Waals surface area (Å²) < 4.78 is 0. The van der Waals surface area contributed by atoms with Gasteiger partial charge in [-0.25, -0.2) is 0 Å². The van der Waals surface area contributed by atoms with Gasteiger partial charge in [-0.1, -0.05) is 83.5 Å². The van der Waals surface area contributed by atoms with Gasteiger partial charge in [0, 0.05) is 6.04 Å². The molecule has 0 bridgehead atoms. The highest BCUT2D eigenvalue weighted by Crippen LogP contribution is 2.16. The average Bonchev–Trinajstić information content (AvgIpc) is 2.32. The average molecular weight is 239 g/mol. The molecule has 0 aromatic rings. The maximum Gasteiger partial charge on any atom is 0.00388 e. The molecule has 0 amide bonds. The van der Waals surface area contributed by atoms with Crippen molar-refractivity contribution in [2.45, 2.75) is 102 Å². The Morgan fingerprint density at radius 3 is 0.941 bits per heavy atom. The first-order chi connectivity index (χ1) is 8.39. The lowest BCUT2D eigenvalue weighted by Gasteiger charge is -2.11. The van der Waals surface area contributed by atoms with Gasteiger partial charge in [0.2, 0.25) is 0 Å². The lowest BCUT2D eigenvalue weighted by atomic mass is 9.99. The molecule has 1 aliphatic carbocycles. The largest absolute Gasteiger partial charge is 0.328 e. The number of nitrogens with two attached hydrogens (primary N) is 1. The third-order valence-corrected chi connectivity index (χ3v) is 4.15. The van der Waals surface area contributed by atoms with E-state index < -0.39 is 0 Å². The fourth-order valence-corrected chi connectivity index (χ4v) is 2.90. The van der Waals surface area contributed by atoms with Crippen LogP contribution in [0.4, 0.5) is 0 Å². The van der Waals surface area contributed by atoms with Gasteiger partial charge >= 0.3 is 0 Å². The van der Waals surface area contributed by atoms with Gasteiger partial charge in [0.1, 0.15) is 0 Å². The first-order valence-electron chi connectivity index (χ1n) is 8.15. The normalized spacial score (nSPS) is 24.5. The molecule has 1 rings (SSSR count). The molecule has 1 fully saturated rings. The Hall–Kier alpha value is -0.0400. The number of rotatable bonds is 0. The second-order valence-electron chi connectivity index (χ2n) is 5.93. The van der Waals surface area contributed by atoms with Crippen LogP contribution in [-0.4, -0.2) is 6.04 Å². The molecule has 0 heterocycles. The fraction of sp³-hybridized carbons (Fsp3) is 1.00. The zero-order chi connectivity index (χ0) is 12.2. The molecule has 0 aromatic heterocycles. The van der Waals surface area contributed by atoms with Crippen molar-refractivity contribution < 1.29 is 0 Å². The van der Waals surface area contributed by atoms with Crippen LogP contribution in [0, 0.1) is 0 Å². The summed E-state index contributed by atoms with van der Waals surface area (Å²) in [5, 5.41) is 0. The first-order valence-corrected chi connectivity index (χ1v) is 8.15. The summed E-state index contributed by atoms with van der Waals surface area (Å²) >= 11 is 0. The minimum absolute atomic E-state index is 0.489. The van der Waals surface area contributed by atoms with Crippen molar-refractivity contribution in [3.05, 3.63) is 0 Å². The molecule has 1 aliphatic rings. The van der Waals surface area contributed by atoms with Gasteiger partial charge in [0.25, 0.3) is 0 Å². The highest BCUT2D eigenvalue weighted by Gasteiger charge is 2.02. The molecule has 0 aromatic carbocycles. The van der Waals surface area contributed by atoms with Crippen molar-refractivity contribution in [1.29, 1.82) is 0 Å². The summed E-state index contributed by atoms with van der Waals surface area (Å²) in [6.45, 7) is 0. The summed E-state index contributed by atoms with van der Waals surface area (Å²) in [4.78, 5) is 0. The van der Waals surface area contributed by atoms with E-state index in [9.17, 15) is 0 Å². The van der Waals surface area contributed by atoms with Gasteiger partial charge < -0.3 is 5.73 Å². The van der Waals surface area contributed by atoms with E-state index in [0.29, 0.717) is 6.04 Å². The minimum atomic E-state index is 0.489. The second-order valence-corrected chi connectivity index (χ2v) is 5.93. The van der Waals surface area contributed by atoms with Gasteiger partial charge in [0.05, 0.1) is 0 Å². The van der Waals surface area contributed by atoms with Gasteiger partial charge in [-0.2, -0.15) is 0 Å². The first kappa shape index (κ1) is 15.0. The second kappa shape index (κ2) is 11.1. The van der Waals surface area contributed by atoms with Crippen LogP contribution in [0.3, 0.4) is 0 Å². The summed E-state index contributed by atoms with van der Waals surface area (Å²) in [6.07, 6.45) is 21.2. The van der Waals surface area contributed by atoms with Gasteiger partial charge in [-0.05, 0) is 12.8 Å². The molecule has 0 atom stereocenters. The molecule has 0 unspecified atom stereocenters. The van der Waals surface area contributed by atoms with Crippen molar-refractivity contribution in [2.24, 2.45) is 5.73 Å². The zero-order valence-corrected chi connectivity index (χ0v) is 11.8. The van der Waals surface area contributed by atoms with E-state index in [2.05, 4.69) is 0 Å². The fourth-order valence-electron chi connectivity index (χ4n) is 2.90. The molecule has 2 N–H and O–H groups in total. The van der Waals surface area contributed by atoms with Gasteiger partial charge in [0.15, 0.2) is 0 Å². The predicted molar refractivity (Wildman–Crippen MR) is 77.2 cm³/mol. The van der Waals surface area contributed by atoms with Crippen LogP contribution in [0.5, 0.6) is 0 Å². The topological polar surface area (TPSA) is 26.0 Å². The maximum atomic E-state index is 6.14. The minimum Gasteiger partial charge on any atom is -0.328 e. The molecule has 0 aliphatic heterocycles. The molecule has 102 valence electrons. The molecular weight excluding hydrogens is 206 g/mol. The van der Waals surface area contributed by atoms with E-state index in [1.807, 2.05) is 0 Å². The quantitative estimate of drug-likeness (QED) is 0.619. The summed E-state index contributed by atoms with van der Waals surface area (Å²) in [6, 6.07) is 0.489. The van der Waals surface area contributed by atoms with Crippen LogP contribution in [-0.2, 0) is 0 Å². The Kier molecular flexibility index (Phi) is 9.78. The summed E-state index contributed by atoms with van der Waals surface area (Å²) in [5.41, 5.74) is 6.14. The van der Waals surface area contributed by atoms with Crippen molar-refractivity contribution in [3.8, 4) is 0 Å². The summed E-state index contributed by atoms with van der Waals surface area (Å²) in [5.74, 6) is 0. The zero-order valence-electron chi connectivity index (χ0n) is 11.8. The van der Waals surface area contributed by atoms with E-state index in [1.165, 1.54) is 96.3 Å². The third kappa shape index (κ3) is 9.64. The Morgan fingerprint density at radius 2 is 0.647 bits per heavy atom.